The van der Waals surface area contributed by atoms with Gasteiger partial charge in [0.1, 0.15) is 6.10 Å². The summed E-state index contributed by atoms with van der Waals surface area (Å²) in [5.41, 5.74) is 2.98. The number of nitrogens with zero attached hydrogens (tertiary/aromatic N) is 1. The molecule has 1 aromatic heterocycles. The van der Waals surface area contributed by atoms with Gasteiger partial charge in [-0.2, -0.15) is 0 Å². The standard InChI is InChI=1S/C26H31NO3/c1-5-22-17(3)14-26(29)24(18(4)30-25(26)28)23(22)12-11-21-10-9-20(15-27-21)19-8-6-7-16(2)13-19/h6-13,15,17-18,22-24,29H,5,14H2,1-4H3/b12-11+/t17-,18+,22+,23-,24-,26-/m0/s1. The zero-order chi connectivity index (χ0) is 21.5. The number of hydrogen-bond donors (Lipinski definition) is 1. The number of esters is 1. The maximum Gasteiger partial charge on any atom is 0.338 e. The second kappa shape index (κ2) is 7.99. The molecule has 0 amide bonds. The molecule has 1 saturated carbocycles. The zero-order valence-corrected chi connectivity index (χ0v) is 18.2. The zero-order valence-electron chi connectivity index (χ0n) is 18.2. The molecular weight excluding hydrogens is 374 g/mol. The van der Waals surface area contributed by atoms with Gasteiger partial charge in [-0.1, -0.05) is 62.2 Å². The van der Waals surface area contributed by atoms with Gasteiger partial charge in [0.2, 0.25) is 0 Å². The van der Waals surface area contributed by atoms with Crippen LogP contribution in [0.25, 0.3) is 17.2 Å². The van der Waals surface area contributed by atoms with Crippen molar-refractivity contribution in [3.8, 4) is 11.1 Å². The molecule has 2 aromatic rings. The highest BCUT2D eigenvalue weighted by Gasteiger charge is 2.62. The molecule has 2 fully saturated rings. The minimum absolute atomic E-state index is 0.0726. The molecule has 1 saturated heterocycles. The van der Waals surface area contributed by atoms with E-state index >= 15 is 0 Å². The Morgan fingerprint density at radius 1 is 1.23 bits per heavy atom. The Balaban J connectivity index is 1.60. The number of carbonyl (C=O) groups excluding carboxylic acids is 1. The van der Waals surface area contributed by atoms with Gasteiger partial charge in [-0.05, 0) is 55.7 Å². The van der Waals surface area contributed by atoms with E-state index in [1.807, 2.05) is 25.3 Å². The highest BCUT2D eigenvalue weighted by atomic mass is 16.6. The summed E-state index contributed by atoms with van der Waals surface area (Å²) in [5, 5.41) is 11.2. The normalized spacial score (nSPS) is 33.5. The maximum absolute atomic E-state index is 12.4. The summed E-state index contributed by atoms with van der Waals surface area (Å²) >= 11 is 0. The molecule has 4 nitrogen and oxygen atoms in total. The van der Waals surface area contributed by atoms with Crippen LogP contribution in [0.5, 0.6) is 0 Å². The Morgan fingerprint density at radius 2 is 2.03 bits per heavy atom. The smallest absolute Gasteiger partial charge is 0.338 e. The first kappa shape index (κ1) is 20.8. The van der Waals surface area contributed by atoms with Crippen molar-refractivity contribution < 1.29 is 14.6 Å². The minimum atomic E-state index is -1.37. The van der Waals surface area contributed by atoms with Crippen molar-refractivity contribution in [3.05, 3.63) is 59.9 Å². The SMILES string of the molecule is CC[C@H]1[C@H](/C=C/c2ccc(-c3cccc(C)c3)cn2)[C@@H]2[C@@H](C)OC(=O)[C@]2(O)C[C@@H]1C. The lowest BCUT2D eigenvalue weighted by Gasteiger charge is -2.45. The van der Waals surface area contributed by atoms with Gasteiger partial charge in [0.05, 0.1) is 5.69 Å². The first-order valence-corrected chi connectivity index (χ1v) is 11.0. The average molecular weight is 406 g/mol. The molecule has 1 aromatic carbocycles. The molecule has 2 heterocycles. The number of cyclic esters (lactones) is 1. The van der Waals surface area contributed by atoms with Crippen LogP contribution in [0.15, 0.2) is 48.7 Å². The second-order valence-corrected chi connectivity index (χ2v) is 9.09. The lowest BCUT2D eigenvalue weighted by molar-refractivity contribution is -0.160. The minimum Gasteiger partial charge on any atom is -0.460 e. The van der Waals surface area contributed by atoms with Gasteiger partial charge < -0.3 is 9.84 Å². The predicted molar refractivity (Wildman–Crippen MR) is 118 cm³/mol. The van der Waals surface area contributed by atoms with E-state index in [-0.39, 0.29) is 23.9 Å². The molecule has 0 unspecified atom stereocenters. The number of rotatable bonds is 4. The van der Waals surface area contributed by atoms with Crippen LogP contribution >= 0.6 is 0 Å². The maximum atomic E-state index is 12.4. The number of hydrogen-bond acceptors (Lipinski definition) is 4. The molecule has 0 radical (unpaired) electrons. The summed E-state index contributed by atoms with van der Waals surface area (Å²) in [7, 11) is 0. The topological polar surface area (TPSA) is 59.4 Å². The Labute approximate surface area is 179 Å². The van der Waals surface area contributed by atoms with Crippen LogP contribution in [0.1, 0.15) is 44.9 Å². The lowest BCUT2D eigenvalue weighted by atomic mass is 9.59. The van der Waals surface area contributed by atoms with E-state index in [2.05, 4.69) is 62.2 Å². The van der Waals surface area contributed by atoms with E-state index in [1.165, 1.54) is 5.56 Å². The molecule has 2 aliphatic rings. The highest BCUT2D eigenvalue weighted by molar-refractivity contribution is 5.82. The van der Waals surface area contributed by atoms with Crippen LogP contribution in [0, 0.1) is 30.6 Å². The number of carbonyl (C=O) groups is 1. The average Bonchev–Trinajstić information content (AvgIpc) is 2.94. The fraction of sp³-hybridized carbons (Fsp3) is 0.462. The van der Waals surface area contributed by atoms with E-state index in [9.17, 15) is 9.90 Å². The number of aryl methyl sites for hydroxylation is 1. The van der Waals surface area contributed by atoms with Crippen molar-refractivity contribution in [1.82, 2.24) is 4.98 Å². The van der Waals surface area contributed by atoms with Gasteiger partial charge in [0.25, 0.3) is 0 Å². The van der Waals surface area contributed by atoms with E-state index in [0.717, 1.165) is 23.2 Å². The molecule has 4 heteroatoms. The van der Waals surface area contributed by atoms with E-state index < -0.39 is 11.6 Å². The molecule has 1 aliphatic carbocycles. The number of fused-ring (bicyclic) bond motifs is 1. The van der Waals surface area contributed by atoms with E-state index in [4.69, 9.17) is 4.74 Å². The first-order chi connectivity index (χ1) is 14.3. The number of allylic oxidation sites excluding steroid dienone is 1. The summed E-state index contributed by atoms with van der Waals surface area (Å²) in [6.45, 7) is 8.31. The van der Waals surface area contributed by atoms with Crippen LogP contribution in [0.2, 0.25) is 0 Å². The highest BCUT2D eigenvalue weighted by Crippen LogP contribution is 2.52. The fourth-order valence-electron chi connectivity index (χ4n) is 5.65. The van der Waals surface area contributed by atoms with Crippen LogP contribution in [-0.4, -0.2) is 27.8 Å². The molecule has 1 N–H and O–H groups in total. The van der Waals surface area contributed by atoms with Gasteiger partial charge in [-0.25, -0.2) is 4.79 Å². The van der Waals surface area contributed by atoms with Crippen molar-refractivity contribution in [3.63, 3.8) is 0 Å². The quantitative estimate of drug-likeness (QED) is 0.724. The van der Waals surface area contributed by atoms with Crippen molar-refractivity contribution >= 4 is 12.0 Å². The van der Waals surface area contributed by atoms with Gasteiger partial charge in [0.15, 0.2) is 5.60 Å². The van der Waals surface area contributed by atoms with Gasteiger partial charge >= 0.3 is 5.97 Å². The number of pyridine rings is 1. The molecular formula is C26H31NO3. The monoisotopic (exact) mass is 405 g/mol. The third-order valence-electron chi connectivity index (χ3n) is 7.08. The van der Waals surface area contributed by atoms with Crippen molar-refractivity contribution in [2.75, 3.05) is 0 Å². The Bertz CT molecular complexity index is 951. The van der Waals surface area contributed by atoms with Crippen molar-refractivity contribution in [1.29, 1.82) is 0 Å². The second-order valence-electron chi connectivity index (χ2n) is 9.09. The summed E-state index contributed by atoms with van der Waals surface area (Å²) in [6.07, 6.45) is 7.27. The Hall–Kier alpha value is -2.46. The summed E-state index contributed by atoms with van der Waals surface area (Å²) in [6, 6.07) is 12.5. The van der Waals surface area contributed by atoms with Gasteiger partial charge in [0, 0.05) is 17.7 Å². The Morgan fingerprint density at radius 3 is 2.70 bits per heavy atom. The van der Waals surface area contributed by atoms with E-state index in [0.29, 0.717) is 12.3 Å². The van der Waals surface area contributed by atoms with E-state index in [1.54, 1.807) is 0 Å². The van der Waals surface area contributed by atoms with Crippen LogP contribution in [0.3, 0.4) is 0 Å². The number of benzene rings is 1. The van der Waals surface area contributed by atoms with Crippen LogP contribution in [0.4, 0.5) is 0 Å². The molecule has 0 bridgehead atoms. The molecule has 4 rings (SSSR count). The first-order valence-electron chi connectivity index (χ1n) is 11.0. The molecule has 1 aliphatic heterocycles. The third-order valence-corrected chi connectivity index (χ3v) is 7.08. The summed E-state index contributed by atoms with van der Waals surface area (Å²) < 4.78 is 5.47. The Kier molecular flexibility index (Phi) is 5.54. The summed E-state index contributed by atoms with van der Waals surface area (Å²) in [5.74, 6) is 0.0494. The van der Waals surface area contributed by atoms with Crippen molar-refractivity contribution in [2.45, 2.75) is 52.2 Å². The molecule has 0 spiro atoms. The predicted octanol–water partition coefficient (Wildman–Crippen LogP) is 5.05. The molecule has 6 atom stereocenters. The number of aromatic nitrogens is 1. The van der Waals surface area contributed by atoms with Crippen LogP contribution in [-0.2, 0) is 9.53 Å². The fourth-order valence-corrected chi connectivity index (χ4v) is 5.65. The van der Waals surface area contributed by atoms with Crippen molar-refractivity contribution in [2.24, 2.45) is 23.7 Å². The third kappa shape index (κ3) is 3.58. The molecule has 30 heavy (non-hydrogen) atoms. The van der Waals surface area contributed by atoms with Crippen LogP contribution < -0.4 is 0 Å². The molecule has 158 valence electrons. The lowest BCUT2D eigenvalue weighted by Crippen LogP contribution is -2.53. The van der Waals surface area contributed by atoms with Gasteiger partial charge in [-0.15, -0.1) is 0 Å². The van der Waals surface area contributed by atoms with Gasteiger partial charge in [-0.3, -0.25) is 4.98 Å². The largest absolute Gasteiger partial charge is 0.460 e. The summed E-state index contributed by atoms with van der Waals surface area (Å²) in [4.78, 5) is 17.0. The number of ether oxygens (including phenoxy) is 1. The number of aliphatic hydroxyl groups is 1.